The fourth-order valence-corrected chi connectivity index (χ4v) is 4.91. The average molecular weight is 349 g/mol. The van der Waals surface area contributed by atoms with Crippen LogP contribution in [0, 0.1) is 29.0 Å². The van der Waals surface area contributed by atoms with Crippen LogP contribution in [0.3, 0.4) is 0 Å². The number of hydrogen-bond acceptors (Lipinski definition) is 2. The molecule has 0 heterocycles. The van der Waals surface area contributed by atoms with Crippen LogP contribution >= 0.6 is 11.6 Å². The van der Waals surface area contributed by atoms with E-state index in [4.69, 9.17) is 17.0 Å². The van der Waals surface area contributed by atoms with E-state index in [0.29, 0.717) is 11.6 Å². The zero-order valence-electron chi connectivity index (χ0n) is 14.1. The highest BCUT2D eigenvalue weighted by Gasteiger charge is 2.32. The molecule has 0 amide bonds. The van der Waals surface area contributed by atoms with Gasteiger partial charge in [0.05, 0.1) is 5.69 Å². The summed E-state index contributed by atoms with van der Waals surface area (Å²) < 4.78 is 14.5. The summed E-state index contributed by atoms with van der Waals surface area (Å²) in [6, 6.07) is 3.62. The number of aliphatic imine (C=N–C) groups is 1. The monoisotopic (exact) mass is 348 g/mol. The second kappa shape index (κ2) is 7.77. The van der Waals surface area contributed by atoms with E-state index in [1.807, 2.05) is 6.07 Å². The maximum absolute atomic E-state index is 14.5. The predicted molar refractivity (Wildman–Crippen MR) is 99.5 cm³/mol. The number of benzene rings is 1. The smallest absolute Gasteiger partial charge is 0.147 e. The van der Waals surface area contributed by atoms with Crippen molar-refractivity contribution in [1.29, 1.82) is 5.41 Å². The molecule has 0 aromatic heterocycles. The molecule has 0 aliphatic heterocycles. The lowest BCUT2D eigenvalue weighted by molar-refractivity contribution is 0.175. The summed E-state index contributed by atoms with van der Waals surface area (Å²) in [5.41, 5.74) is 1.17. The van der Waals surface area contributed by atoms with Crippen molar-refractivity contribution in [2.24, 2.45) is 22.7 Å². The van der Waals surface area contributed by atoms with Gasteiger partial charge in [-0.25, -0.2) is 4.39 Å². The van der Waals surface area contributed by atoms with Crippen molar-refractivity contribution >= 4 is 30.2 Å². The van der Waals surface area contributed by atoms with E-state index in [0.717, 1.165) is 30.2 Å². The Morgan fingerprint density at radius 2 is 1.62 bits per heavy atom. The van der Waals surface area contributed by atoms with Crippen molar-refractivity contribution in [2.45, 2.75) is 57.3 Å². The van der Waals surface area contributed by atoms with Crippen LogP contribution in [0.25, 0.3) is 0 Å². The van der Waals surface area contributed by atoms with Gasteiger partial charge in [-0.2, -0.15) is 0 Å². The van der Waals surface area contributed by atoms with E-state index in [1.54, 1.807) is 12.3 Å². The SMILES string of the molecule is C=Nc1ccc(C2CCC(C3CCC(C=N)CC3)CC2)c(F)c1Cl. The Morgan fingerprint density at radius 1 is 1.04 bits per heavy atom. The number of rotatable bonds is 4. The molecule has 0 spiro atoms. The van der Waals surface area contributed by atoms with Crippen molar-refractivity contribution < 1.29 is 4.39 Å². The summed E-state index contributed by atoms with van der Waals surface area (Å²) in [5.74, 6) is 2.06. The Kier molecular flexibility index (Phi) is 5.70. The molecule has 4 heteroatoms. The molecular formula is C20H26ClFN2. The first-order valence-corrected chi connectivity index (χ1v) is 9.47. The van der Waals surface area contributed by atoms with Gasteiger partial charge >= 0.3 is 0 Å². The van der Waals surface area contributed by atoms with E-state index in [2.05, 4.69) is 11.7 Å². The molecule has 2 fully saturated rings. The fourth-order valence-electron chi connectivity index (χ4n) is 4.68. The molecule has 2 saturated carbocycles. The zero-order valence-corrected chi connectivity index (χ0v) is 14.9. The van der Waals surface area contributed by atoms with Crippen LogP contribution in [-0.4, -0.2) is 12.9 Å². The van der Waals surface area contributed by atoms with Crippen LogP contribution in [0.1, 0.15) is 62.8 Å². The minimum absolute atomic E-state index is 0.106. The summed E-state index contributed by atoms with van der Waals surface area (Å²) in [7, 11) is 0. The van der Waals surface area contributed by atoms with Gasteiger partial charge in [0, 0.05) is 0 Å². The van der Waals surface area contributed by atoms with Crippen molar-refractivity contribution in [3.8, 4) is 0 Å². The molecule has 1 aromatic rings. The van der Waals surface area contributed by atoms with Crippen LogP contribution < -0.4 is 0 Å². The number of nitrogens with one attached hydrogen (secondary N) is 1. The third kappa shape index (κ3) is 3.56. The van der Waals surface area contributed by atoms with E-state index < -0.39 is 0 Å². The number of nitrogens with zero attached hydrogens (tertiary/aromatic N) is 1. The maximum Gasteiger partial charge on any atom is 0.147 e. The van der Waals surface area contributed by atoms with Crippen molar-refractivity contribution in [3.63, 3.8) is 0 Å². The normalized spacial score (nSPS) is 30.8. The third-order valence-electron chi connectivity index (χ3n) is 6.19. The zero-order chi connectivity index (χ0) is 17.1. The Bertz CT molecular complexity index is 600. The van der Waals surface area contributed by atoms with Crippen molar-refractivity contribution in [2.75, 3.05) is 0 Å². The van der Waals surface area contributed by atoms with Gasteiger partial charge in [0.25, 0.3) is 0 Å². The largest absolute Gasteiger partial charge is 0.313 e. The highest BCUT2D eigenvalue weighted by molar-refractivity contribution is 6.33. The molecule has 0 bridgehead atoms. The molecule has 130 valence electrons. The fraction of sp³-hybridized carbons (Fsp3) is 0.600. The van der Waals surface area contributed by atoms with E-state index >= 15 is 0 Å². The minimum atomic E-state index is -0.309. The maximum atomic E-state index is 14.5. The van der Waals surface area contributed by atoms with Gasteiger partial charge in [-0.1, -0.05) is 17.7 Å². The number of hydrogen-bond donors (Lipinski definition) is 1. The van der Waals surface area contributed by atoms with Crippen LogP contribution in [0.4, 0.5) is 10.1 Å². The summed E-state index contributed by atoms with van der Waals surface area (Å²) in [6.45, 7) is 3.43. The molecule has 1 N–H and O–H groups in total. The molecule has 0 radical (unpaired) electrons. The Balaban J connectivity index is 1.60. The average Bonchev–Trinajstić information content (AvgIpc) is 2.64. The molecule has 1 aromatic carbocycles. The second-order valence-electron chi connectivity index (χ2n) is 7.41. The highest BCUT2D eigenvalue weighted by atomic mass is 35.5. The molecule has 2 aliphatic rings. The number of halogens is 2. The summed E-state index contributed by atoms with van der Waals surface area (Å²) in [5, 5.41) is 7.52. The third-order valence-corrected chi connectivity index (χ3v) is 6.55. The van der Waals surface area contributed by atoms with Gasteiger partial charge in [-0.05, 0) is 99.6 Å². The minimum Gasteiger partial charge on any atom is -0.313 e. The Morgan fingerprint density at radius 3 is 2.17 bits per heavy atom. The van der Waals surface area contributed by atoms with E-state index in [1.165, 1.54) is 38.5 Å². The van der Waals surface area contributed by atoms with Gasteiger partial charge in [0.2, 0.25) is 0 Å². The molecule has 3 rings (SSSR count). The lowest BCUT2D eigenvalue weighted by atomic mass is 9.68. The van der Waals surface area contributed by atoms with E-state index in [-0.39, 0.29) is 16.8 Å². The first-order valence-electron chi connectivity index (χ1n) is 9.09. The molecule has 0 saturated heterocycles. The Labute approximate surface area is 149 Å². The molecule has 2 aliphatic carbocycles. The molecule has 0 unspecified atom stereocenters. The summed E-state index contributed by atoms with van der Waals surface area (Å²) >= 11 is 6.07. The van der Waals surface area contributed by atoms with E-state index in [9.17, 15) is 4.39 Å². The quantitative estimate of drug-likeness (QED) is 0.599. The lowest BCUT2D eigenvalue weighted by Crippen LogP contribution is -2.25. The van der Waals surface area contributed by atoms with Crippen LogP contribution in [-0.2, 0) is 0 Å². The van der Waals surface area contributed by atoms with Gasteiger partial charge in [0.1, 0.15) is 10.8 Å². The highest BCUT2D eigenvalue weighted by Crippen LogP contribution is 2.45. The molecule has 24 heavy (non-hydrogen) atoms. The standard InChI is InChI=1S/C20H26ClFN2/c1-24-18-11-10-17(20(22)19(18)21)16-8-6-15(7-9-16)14-4-2-13(12-23)3-5-14/h10-16,23H,1-9H2. The molecule has 0 atom stereocenters. The van der Waals surface area contributed by atoms with Gasteiger partial charge in [-0.3, -0.25) is 4.99 Å². The summed E-state index contributed by atoms with van der Waals surface area (Å²) in [4.78, 5) is 3.77. The molecule has 2 nitrogen and oxygen atoms in total. The van der Waals surface area contributed by atoms with Gasteiger partial charge in [0.15, 0.2) is 0 Å². The van der Waals surface area contributed by atoms with Gasteiger partial charge < -0.3 is 5.41 Å². The van der Waals surface area contributed by atoms with Gasteiger partial charge in [-0.15, -0.1) is 0 Å². The van der Waals surface area contributed by atoms with Crippen LogP contribution in [0.15, 0.2) is 17.1 Å². The topological polar surface area (TPSA) is 36.2 Å². The van der Waals surface area contributed by atoms with Crippen molar-refractivity contribution in [3.05, 3.63) is 28.5 Å². The Hall–Kier alpha value is -1.22. The first-order chi connectivity index (χ1) is 11.6. The lowest BCUT2D eigenvalue weighted by Gasteiger charge is -2.37. The van der Waals surface area contributed by atoms with Crippen LogP contribution in [0.5, 0.6) is 0 Å². The van der Waals surface area contributed by atoms with Crippen molar-refractivity contribution in [1.82, 2.24) is 0 Å². The first kappa shape index (κ1) is 17.6. The predicted octanol–water partition coefficient (Wildman–Crippen LogP) is 6.54. The summed E-state index contributed by atoms with van der Waals surface area (Å²) in [6.07, 6.45) is 11.0. The second-order valence-corrected chi connectivity index (χ2v) is 7.79. The van der Waals surface area contributed by atoms with Crippen LogP contribution in [0.2, 0.25) is 5.02 Å². The molecular weight excluding hydrogens is 323 g/mol.